The Bertz CT molecular complexity index is 1140. The predicted octanol–water partition coefficient (Wildman–Crippen LogP) is 8.03. The highest BCUT2D eigenvalue weighted by Crippen LogP contribution is 2.67. The van der Waals surface area contributed by atoms with Crippen molar-refractivity contribution < 1.29 is 36.2 Å². The van der Waals surface area contributed by atoms with Gasteiger partial charge in [0.2, 0.25) is 0 Å². The molecule has 0 aromatic heterocycles. The first-order valence-electron chi connectivity index (χ1n) is 14.5. The molecule has 8 atom stereocenters. The van der Waals surface area contributed by atoms with E-state index in [0.29, 0.717) is 35.8 Å². The van der Waals surface area contributed by atoms with Crippen LogP contribution in [-0.4, -0.2) is 23.7 Å². The maximum Gasteiger partial charge on any atom is 0.416 e. The molecule has 1 aromatic rings. The molecule has 3 saturated carbocycles. The number of aliphatic hydroxyl groups is 1. The zero-order valence-corrected chi connectivity index (χ0v) is 23.3. The molecule has 0 radical (unpaired) electrons. The SMILES string of the molecule is C[C@H](CNC(=O)c1cc(C(F)(F)F)cc(C(F)(F)F)c1)[C@H]1CC[C@H]2[C@@H]3CC=C4C[C@@H](O)CC[C@]4(C)[C@H]3CC[C@]12C. The summed E-state index contributed by atoms with van der Waals surface area (Å²) in [7, 11) is 0. The molecule has 1 aromatic carbocycles. The van der Waals surface area contributed by atoms with E-state index < -0.39 is 35.0 Å². The first-order valence-corrected chi connectivity index (χ1v) is 14.5. The Hall–Kier alpha value is -2.03. The molecule has 0 saturated heterocycles. The van der Waals surface area contributed by atoms with Crippen LogP contribution in [0.5, 0.6) is 0 Å². The van der Waals surface area contributed by atoms with E-state index >= 15 is 0 Å². The zero-order valence-electron chi connectivity index (χ0n) is 23.3. The third kappa shape index (κ3) is 5.09. The molecule has 0 unspecified atom stereocenters. The van der Waals surface area contributed by atoms with Gasteiger partial charge >= 0.3 is 12.4 Å². The lowest BCUT2D eigenvalue weighted by molar-refractivity contribution is -0.143. The molecular formula is C31H39F6NO2. The zero-order chi connectivity index (χ0) is 29.3. The molecule has 40 heavy (non-hydrogen) atoms. The normalized spacial score (nSPS) is 36.6. The van der Waals surface area contributed by atoms with Gasteiger partial charge in [0.25, 0.3) is 5.91 Å². The molecule has 0 heterocycles. The number of amides is 1. The molecule has 4 aliphatic rings. The van der Waals surface area contributed by atoms with E-state index in [1.54, 1.807) is 0 Å². The number of carbonyl (C=O) groups excluding carboxylic acids is 1. The number of aliphatic hydroxyl groups excluding tert-OH is 1. The van der Waals surface area contributed by atoms with E-state index in [1.165, 1.54) is 5.57 Å². The molecule has 222 valence electrons. The van der Waals surface area contributed by atoms with Crippen molar-refractivity contribution in [3.8, 4) is 0 Å². The average Bonchev–Trinajstić information content (AvgIpc) is 3.23. The predicted molar refractivity (Wildman–Crippen MR) is 139 cm³/mol. The number of fused-ring (bicyclic) bond motifs is 5. The summed E-state index contributed by atoms with van der Waals surface area (Å²) < 4.78 is 79.5. The Balaban J connectivity index is 1.28. The van der Waals surface area contributed by atoms with Gasteiger partial charge in [-0.2, -0.15) is 26.3 Å². The summed E-state index contributed by atoms with van der Waals surface area (Å²) in [6, 6.07) is 1.01. The summed E-state index contributed by atoms with van der Waals surface area (Å²) in [6.45, 7) is 6.95. The van der Waals surface area contributed by atoms with E-state index in [1.807, 2.05) is 6.92 Å². The minimum atomic E-state index is -5.00. The number of benzene rings is 1. The van der Waals surface area contributed by atoms with Gasteiger partial charge in [-0.15, -0.1) is 0 Å². The van der Waals surface area contributed by atoms with E-state index in [2.05, 4.69) is 25.2 Å². The molecule has 3 fully saturated rings. The van der Waals surface area contributed by atoms with Crippen LogP contribution in [0.3, 0.4) is 0 Å². The molecule has 0 aliphatic heterocycles. The molecule has 2 N–H and O–H groups in total. The van der Waals surface area contributed by atoms with Crippen LogP contribution in [0.4, 0.5) is 26.3 Å². The van der Waals surface area contributed by atoms with Crippen LogP contribution in [0.25, 0.3) is 0 Å². The first-order chi connectivity index (χ1) is 18.5. The van der Waals surface area contributed by atoms with Gasteiger partial charge in [0, 0.05) is 12.1 Å². The molecule has 0 spiro atoms. The smallest absolute Gasteiger partial charge is 0.393 e. The topological polar surface area (TPSA) is 49.3 Å². The van der Waals surface area contributed by atoms with Crippen LogP contribution in [0.1, 0.15) is 93.6 Å². The van der Waals surface area contributed by atoms with Gasteiger partial charge in [0.15, 0.2) is 0 Å². The fourth-order valence-corrected chi connectivity index (χ4v) is 9.20. The first kappa shape index (κ1) is 29.5. The Morgan fingerprint density at radius 3 is 2.25 bits per heavy atom. The molecular weight excluding hydrogens is 532 g/mol. The van der Waals surface area contributed by atoms with E-state index in [9.17, 15) is 36.2 Å². The Kier molecular flexibility index (Phi) is 7.41. The number of carbonyl (C=O) groups is 1. The van der Waals surface area contributed by atoms with E-state index in [4.69, 9.17) is 0 Å². The summed E-state index contributed by atoms with van der Waals surface area (Å²) in [6.07, 6.45) is 0.0613. The number of halogens is 6. The molecule has 5 rings (SSSR count). The number of nitrogens with one attached hydrogen (secondary N) is 1. The van der Waals surface area contributed by atoms with Crippen molar-refractivity contribution in [1.82, 2.24) is 5.32 Å². The third-order valence-corrected chi connectivity index (χ3v) is 11.3. The van der Waals surface area contributed by atoms with Crippen molar-refractivity contribution in [2.75, 3.05) is 6.54 Å². The molecule has 9 heteroatoms. The van der Waals surface area contributed by atoms with Crippen LogP contribution >= 0.6 is 0 Å². The van der Waals surface area contributed by atoms with Crippen molar-refractivity contribution in [3.05, 3.63) is 46.5 Å². The number of alkyl halides is 6. The summed E-state index contributed by atoms with van der Waals surface area (Å²) >= 11 is 0. The monoisotopic (exact) mass is 571 g/mol. The maximum atomic E-state index is 13.3. The molecule has 1 amide bonds. The van der Waals surface area contributed by atoms with Crippen molar-refractivity contribution in [2.24, 2.45) is 40.4 Å². The van der Waals surface area contributed by atoms with Crippen LogP contribution in [-0.2, 0) is 12.4 Å². The number of allylic oxidation sites excluding steroid dienone is 1. The lowest BCUT2D eigenvalue weighted by Crippen LogP contribution is -2.51. The van der Waals surface area contributed by atoms with Gasteiger partial charge in [-0.25, -0.2) is 0 Å². The molecule has 0 bridgehead atoms. The van der Waals surface area contributed by atoms with Crippen LogP contribution in [0, 0.1) is 40.4 Å². The van der Waals surface area contributed by atoms with Gasteiger partial charge in [-0.1, -0.05) is 32.4 Å². The quantitative estimate of drug-likeness (QED) is 0.284. The fraction of sp³-hybridized carbons (Fsp3) is 0.710. The lowest BCUT2D eigenvalue weighted by Gasteiger charge is -2.58. The summed E-state index contributed by atoms with van der Waals surface area (Å²) in [4.78, 5) is 12.8. The third-order valence-electron chi connectivity index (χ3n) is 11.3. The highest BCUT2D eigenvalue weighted by Gasteiger charge is 2.59. The number of hydrogen-bond acceptors (Lipinski definition) is 2. The van der Waals surface area contributed by atoms with Gasteiger partial charge in [0.1, 0.15) is 0 Å². The second-order valence-electron chi connectivity index (χ2n) is 13.4. The van der Waals surface area contributed by atoms with Gasteiger partial charge in [0.05, 0.1) is 17.2 Å². The largest absolute Gasteiger partial charge is 0.416 e. The van der Waals surface area contributed by atoms with Crippen molar-refractivity contribution in [3.63, 3.8) is 0 Å². The highest BCUT2D eigenvalue weighted by molar-refractivity contribution is 5.94. The van der Waals surface area contributed by atoms with Crippen molar-refractivity contribution in [1.29, 1.82) is 0 Å². The lowest BCUT2D eigenvalue weighted by atomic mass is 9.47. The van der Waals surface area contributed by atoms with Gasteiger partial charge in [-0.05, 0) is 110 Å². The highest BCUT2D eigenvalue weighted by atomic mass is 19.4. The Morgan fingerprint density at radius 2 is 1.62 bits per heavy atom. The molecule has 3 nitrogen and oxygen atoms in total. The van der Waals surface area contributed by atoms with Crippen LogP contribution < -0.4 is 5.32 Å². The van der Waals surface area contributed by atoms with E-state index in [0.717, 1.165) is 51.4 Å². The summed E-state index contributed by atoms with van der Waals surface area (Å²) in [5, 5.41) is 12.9. The minimum absolute atomic E-state index is 0.0264. The maximum absolute atomic E-state index is 13.3. The van der Waals surface area contributed by atoms with Gasteiger partial charge in [-0.3, -0.25) is 4.79 Å². The number of hydrogen-bond donors (Lipinski definition) is 2. The van der Waals surface area contributed by atoms with Crippen molar-refractivity contribution in [2.45, 2.75) is 90.6 Å². The molecule has 4 aliphatic carbocycles. The standard InChI is InChI=1S/C31H39F6NO2/c1-17(16-38-27(40)18-12-20(30(32,33)34)14-21(13-18)31(35,36)37)24-6-7-25-23-5-4-19-15-22(39)8-10-28(19,2)26(23)9-11-29(24,25)3/h4,12-14,17,22-26,39H,5-11,15-16H2,1-3H3,(H,38,40)/t17-,22+,23+,24-,25+,26+,28+,29-/m1/s1. The average molecular weight is 572 g/mol. The van der Waals surface area contributed by atoms with Crippen LogP contribution in [0.2, 0.25) is 0 Å². The van der Waals surface area contributed by atoms with E-state index in [-0.39, 0.29) is 35.5 Å². The second-order valence-corrected chi connectivity index (χ2v) is 13.4. The number of rotatable bonds is 4. The van der Waals surface area contributed by atoms with Crippen LogP contribution in [0.15, 0.2) is 29.8 Å². The van der Waals surface area contributed by atoms with Gasteiger partial charge < -0.3 is 10.4 Å². The van der Waals surface area contributed by atoms with Crippen molar-refractivity contribution >= 4 is 5.91 Å². The summed E-state index contributed by atoms with van der Waals surface area (Å²) in [5.41, 5.74) is -1.99. The second kappa shape index (κ2) is 10.1. The summed E-state index contributed by atoms with van der Waals surface area (Å²) in [5.74, 6) is 1.10. The fourth-order valence-electron chi connectivity index (χ4n) is 9.20. The Morgan fingerprint density at radius 1 is 0.975 bits per heavy atom. The minimum Gasteiger partial charge on any atom is -0.393 e. The Labute approximate surface area is 231 Å².